The van der Waals surface area contributed by atoms with Crippen LogP contribution in [0.2, 0.25) is 0 Å². The Kier molecular flexibility index (Phi) is 2.63. The van der Waals surface area contributed by atoms with Crippen molar-refractivity contribution >= 4 is 0 Å². The fraction of sp³-hybridized carbons (Fsp3) is 0.500. The molecular weight excluding hydrogens is 183 g/mol. The number of hydrogen-bond donors (Lipinski definition) is 1. The number of aromatic nitrogens is 1. The van der Waals surface area contributed by atoms with Gasteiger partial charge in [-0.15, -0.1) is 0 Å². The van der Waals surface area contributed by atoms with Gasteiger partial charge in [0.05, 0.1) is 13.3 Å². The molecule has 3 nitrogen and oxygen atoms in total. The monoisotopic (exact) mass is 196 g/mol. The number of halogens is 1. The van der Waals surface area contributed by atoms with Crippen LogP contribution in [0.1, 0.15) is 17.9 Å². The lowest BCUT2D eigenvalue weighted by Gasteiger charge is -2.12. The number of rotatable bonds is 2. The molecule has 1 N–H and O–H groups in total. The Morgan fingerprint density at radius 3 is 3.14 bits per heavy atom. The standard InChI is InChI=1S/C10H13FN2O/c1-14-10-9(4-8(11)6-13-10)7-2-3-12-5-7/h4,6-7,12H,2-3,5H2,1H3. The second-order valence-corrected chi connectivity index (χ2v) is 3.44. The van der Waals surface area contributed by atoms with Crippen LogP contribution in [-0.4, -0.2) is 25.2 Å². The van der Waals surface area contributed by atoms with Crippen molar-refractivity contribution in [2.24, 2.45) is 0 Å². The van der Waals surface area contributed by atoms with Gasteiger partial charge in [-0.1, -0.05) is 0 Å². The minimum atomic E-state index is -0.298. The number of pyridine rings is 1. The number of ether oxygens (including phenoxy) is 1. The van der Waals surface area contributed by atoms with Gasteiger partial charge < -0.3 is 10.1 Å². The third-order valence-electron chi connectivity index (χ3n) is 2.54. The second kappa shape index (κ2) is 3.92. The van der Waals surface area contributed by atoms with Crippen LogP contribution in [0.15, 0.2) is 12.3 Å². The summed E-state index contributed by atoms with van der Waals surface area (Å²) in [6.07, 6.45) is 2.20. The summed E-state index contributed by atoms with van der Waals surface area (Å²) in [5, 5.41) is 3.24. The normalized spacial score (nSPS) is 21.1. The molecule has 0 saturated carbocycles. The molecule has 0 aliphatic carbocycles. The van der Waals surface area contributed by atoms with Crippen LogP contribution in [-0.2, 0) is 0 Å². The maximum absolute atomic E-state index is 13.0. The zero-order chi connectivity index (χ0) is 9.97. The molecule has 0 amide bonds. The molecule has 1 fully saturated rings. The Bertz CT molecular complexity index is 324. The molecule has 0 radical (unpaired) electrons. The highest BCUT2D eigenvalue weighted by Gasteiger charge is 2.21. The minimum absolute atomic E-state index is 0.298. The highest BCUT2D eigenvalue weighted by molar-refractivity contribution is 5.31. The molecule has 0 spiro atoms. The predicted molar refractivity (Wildman–Crippen MR) is 51.0 cm³/mol. The van der Waals surface area contributed by atoms with Crippen LogP contribution < -0.4 is 10.1 Å². The first kappa shape index (κ1) is 9.40. The van der Waals surface area contributed by atoms with Crippen molar-refractivity contribution in [3.63, 3.8) is 0 Å². The summed E-state index contributed by atoms with van der Waals surface area (Å²) in [6, 6.07) is 1.52. The maximum Gasteiger partial charge on any atom is 0.216 e. The molecule has 1 atom stereocenters. The summed E-state index contributed by atoms with van der Waals surface area (Å²) < 4.78 is 18.1. The molecule has 0 aromatic carbocycles. The quantitative estimate of drug-likeness (QED) is 0.774. The summed E-state index contributed by atoms with van der Waals surface area (Å²) in [6.45, 7) is 1.85. The molecule has 1 saturated heterocycles. The zero-order valence-electron chi connectivity index (χ0n) is 8.09. The number of nitrogens with zero attached hydrogens (tertiary/aromatic N) is 1. The van der Waals surface area contributed by atoms with Gasteiger partial charge >= 0.3 is 0 Å². The molecule has 4 heteroatoms. The molecule has 14 heavy (non-hydrogen) atoms. The largest absolute Gasteiger partial charge is 0.481 e. The summed E-state index contributed by atoms with van der Waals surface area (Å²) in [5.74, 6) is 0.570. The van der Waals surface area contributed by atoms with E-state index in [9.17, 15) is 4.39 Å². The van der Waals surface area contributed by atoms with Gasteiger partial charge in [0, 0.05) is 18.0 Å². The van der Waals surface area contributed by atoms with E-state index in [2.05, 4.69) is 10.3 Å². The zero-order valence-corrected chi connectivity index (χ0v) is 8.09. The lowest BCUT2D eigenvalue weighted by Crippen LogP contribution is -2.09. The van der Waals surface area contributed by atoms with Crippen LogP contribution in [0.5, 0.6) is 5.88 Å². The van der Waals surface area contributed by atoms with Crippen molar-refractivity contribution in [3.8, 4) is 5.88 Å². The summed E-state index contributed by atoms with van der Waals surface area (Å²) in [5.41, 5.74) is 0.873. The van der Waals surface area contributed by atoms with Crippen molar-refractivity contribution in [2.75, 3.05) is 20.2 Å². The molecule has 1 aromatic rings. The SMILES string of the molecule is COc1ncc(F)cc1C1CCNC1. The Labute approximate surface area is 82.3 Å². The molecule has 0 bridgehead atoms. The van der Waals surface area contributed by atoms with E-state index in [-0.39, 0.29) is 5.82 Å². The van der Waals surface area contributed by atoms with Crippen LogP contribution in [0.3, 0.4) is 0 Å². The van der Waals surface area contributed by atoms with Crippen molar-refractivity contribution in [1.29, 1.82) is 0 Å². The van der Waals surface area contributed by atoms with E-state index in [1.165, 1.54) is 12.3 Å². The smallest absolute Gasteiger partial charge is 0.216 e. The third kappa shape index (κ3) is 1.70. The fourth-order valence-corrected chi connectivity index (χ4v) is 1.83. The van der Waals surface area contributed by atoms with E-state index in [1.807, 2.05) is 0 Å². The van der Waals surface area contributed by atoms with Gasteiger partial charge in [0.15, 0.2) is 0 Å². The highest BCUT2D eigenvalue weighted by Crippen LogP contribution is 2.29. The van der Waals surface area contributed by atoms with E-state index in [4.69, 9.17) is 4.74 Å². The van der Waals surface area contributed by atoms with E-state index in [0.717, 1.165) is 25.1 Å². The van der Waals surface area contributed by atoms with Crippen molar-refractivity contribution in [3.05, 3.63) is 23.6 Å². The minimum Gasteiger partial charge on any atom is -0.481 e. The van der Waals surface area contributed by atoms with Crippen LogP contribution in [0.4, 0.5) is 4.39 Å². The molecule has 1 aromatic heterocycles. The summed E-state index contributed by atoms with van der Waals surface area (Å²) in [7, 11) is 1.56. The lowest BCUT2D eigenvalue weighted by molar-refractivity contribution is 0.386. The molecular formula is C10H13FN2O. The Morgan fingerprint density at radius 1 is 1.64 bits per heavy atom. The first-order valence-corrected chi connectivity index (χ1v) is 4.71. The average Bonchev–Trinajstić information content (AvgIpc) is 2.70. The van der Waals surface area contributed by atoms with E-state index in [0.29, 0.717) is 11.8 Å². The van der Waals surface area contributed by atoms with Crippen molar-refractivity contribution in [1.82, 2.24) is 10.3 Å². The first-order chi connectivity index (χ1) is 6.81. The Hall–Kier alpha value is -1.16. The third-order valence-corrected chi connectivity index (χ3v) is 2.54. The van der Waals surface area contributed by atoms with Gasteiger partial charge in [-0.3, -0.25) is 0 Å². The highest BCUT2D eigenvalue weighted by atomic mass is 19.1. The van der Waals surface area contributed by atoms with Gasteiger partial charge in [0.25, 0.3) is 0 Å². The first-order valence-electron chi connectivity index (χ1n) is 4.71. The molecule has 76 valence electrons. The van der Waals surface area contributed by atoms with Crippen LogP contribution in [0.25, 0.3) is 0 Å². The van der Waals surface area contributed by atoms with E-state index < -0.39 is 0 Å². The molecule has 1 unspecified atom stereocenters. The predicted octanol–water partition coefficient (Wildman–Crippen LogP) is 1.31. The average molecular weight is 196 g/mol. The van der Waals surface area contributed by atoms with Gasteiger partial charge in [0.1, 0.15) is 5.82 Å². The summed E-state index contributed by atoms with van der Waals surface area (Å²) in [4.78, 5) is 3.92. The molecule has 1 aliphatic heterocycles. The fourth-order valence-electron chi connectivity index (χ4n) is 1.83. The van der Waals surface area contributed by atoms with Crippen molar-refractivity contribution < 1.29 is 9.13 Å². The van der Waals surface area contributed by atoms with Crippen LogP contribution in [0, 0.1) is 5.82 Å². The topological polar surface area (TPSA) is 34.1 Å². The van der Waals surface area contributed by atoms with Gasteiger partial charge in [-0.2, -0.15) is 0 Å². The number of nitrogens with one attached hydrogen (secondary N) is 1. The number of methoxy groups -OCH3 is 1. The Balaban J connectivity index is 2.33. The molecule has 1 aliphatic rings. The van der Waals surface area contributed by atoms with Gasteiger partial charge in [0.2, 0.25) is 5.88 Å². The van der Waals surface area contributed by atoms with Gasteiger partial charge in [-0.25, -0.2) is 9.37 Å². The molecule has 2 rings (SSSR count). The Morgan fingerprint density at radius 2 is 2.50 bits per heavy atom. The maximum atomic E-state index is 13.0. The lowest BCUT2D eigenvalue weighted by atomic mass is 10.00. The number of hydrogen-bond acceptors (Lipinski definition) is 3. The van der Waals surface area contributed by atoms with Gasteiger partial charge in [-0.05, 0) is 19.0 Å². The second-order valence-electron chi connectivity index (χ2n) is 3.44. The van der Waals surface area contributed by atoms with Crippen molar-refractivity contribution in [2.45, 2.75) is 12.3 Å². The van der Waals surface area contributed by atoms with E-state index in [1.54, 1.807) is 7.11 Å². The summed E-state index contributed by atoms with van der Waals surface area (Å²) >= 11 is 0. The van der Waals surface area contributed by atoms with E-state index >= 15 is 0 Å². The molecule has 2 heterocycles. The van der Waals surface area contributed by atoms with Crippen LogP contribution >= 0.6 is 0 Å².